The molecule has 5 nitrogen and oxygen atoms in total. The van der Waals surface area contributed by atoms with Crippen molar-refractivity contribution in [3.63, 3.8) is 0 Å². The van der Waals surface area contributed by atoms with Crippen molar-refractivity contribution in [3.8, 4) is 0 Å². The zero-order valence-corrected chi connectivity index (χ0v) is 14.6. The van der Waals surface area contributed by atoms with E-state index in [1.54, 1.807) is 23.7 Å². The van der Waals surface area contributed by atoms with Gasteiger partial charge in [0.1, 0.15) is 0 Å². The fourth-order valence-corrected chi connectivity index (χ4v) is 5.84. The molecule has 134 valence electrons. The first-order valence-electron chi connectivity index (χ1n) is 9.34. The highest BCUT2D eigenvalue weighted by Gasteiger charge is 2.54. The van der Waals surface area contributed by atoms with E-state index in [0.29, 0.717) is 5.56 Å². The van der Waals surface area contributed by atoms with Gasteiger partial charge in [-0.05, 0) is 80.9 Å². The molecule has 1 unspecified atom stereocenters. The Morgan fingerprint density at radius 1 is 1.12 bits per heavy atom. The summed E-state index contributed by atoms with van der Waals surface area (Å²) in [6.45, 7) is 1.95. The summed E-state index contributed by atoms with van der Waals surface area (Å²) in [6, 6.07) is 6.87. The molecule has 3 N–H and O–H groups in total. The van der Waals surface area contributed by atoms with Crippen LogP contribution in [0.5, 0.6) is 0 Å². The maximum absolute atomic E-state index is 13.1. The minimum Gasteiger partial charge on any atom is -0.349 e. The molecule has 2 amide bonds. The highest BCUT2D eigenvalue weighted by atomic mass is 16.5. The lowest BCUT2D eigenvalue weighted by molar-refractivity contribution is -0.147. The quantitative estimate of drug-likeness (QED) is 0.581. The van der Waals surface area contributed by atoms with Crippen molar-refractivity contribution in [1.29, 1.82) is 0 Å². The van der Waals surface area contributed by atoms with E-state index >= 15 is 0 Å². The Hall–Kier alpha value is -1.88. The van der Waals surface area contributed by atoms with Crippen LogP contribution in [0, 0.1) is 23.2 Å². The van der Waals surface area contributed by atoms with Crippen LogP contribution < -0.4 is 10.8 Å². The van der Waals surface area contributed by atoms with Crippen LogP contribution in [0.4, 0.5) is 0 Å². The van der Waals surface area contributed by atoms with Crippen molar-refractivity contribution in [2.24, 2.45) is 23.2 Å². The molecule has 25 heavy (non-hydrogen) atoms. The summed E-state index contributed by atoms with van der Waals surface area (Å²) < 4.78 is 0. The summed E-state index contributed by atoms with van der Waals surface area (Å²) >= 11 is 0. The molecular formula is C20H26N2O3. The first kappa shape index (κ1) is 16.6. The number of rotatable bonds is 4. The molecule has 4 aliphatic rings. The molecule has 5 rings (SSSR count). The number of benzene rings is 1. The van der Waals surface area contributed by atoms with E-state index in [1.807, 2.05) is 13.0 Å². The van der Waals surface area contributed by atoms with Gasteiger partial charge in [0.25, 0.3) is 5.91 Å². The highest BCUT2D eigenvalue weighted by Crippen LogP contribution is 2.60. The van der Waals surface area contributed by atoms with Gasteiger partial charge < -0.3 is 5.32 Å². The van der Waals surface area contributed by atoms with E-state index in [9.17, 15) is 9.59 Å². The van der Waals surface area contributed by atoms with Gasteiger partial charge in [-0.3, -0.25) is 14.8 Å². The topological polar surface area (TPSA) is 78.4 Å². The number of carbonyl (C=O) groups excluding carboxylic acids is 2. The third-order valence-electron chi connectivity index (χ3n) is 6.62. The lowest BCUT2D eigenvalue weighted by Crippen LogP contribution is -2.53. The van der Waals surface area contributed by atoms with Crippen molar-refractivity contribution >= 4 is 11.8 Å². The van der Waals surface area contributed by atoms with E-state index in [1.165, 1.54) is 19.3 Å². The van der Waals surface area contributed by atoms with Crippen LogP contribution in [0.25, 0.3) is 0 Å². The Bertz CT molecular complexity index is 665. The molecule has 4 aliphatic carbocycles. The molecule has 5 heteroatoms. The van der Waals surface area contributed by atoms with E-state index < -0.39 is 5.91 Å². The molecule has 0 radical (unpaired) electrons. The Morgan fingerprint density at radius 2 is 1.72 bits per heavy atom. The Kier molecular flexibility index (Phi) is 4.07. The average Bonchev–Trinajstić information content (AvgIpc) is 2.60. The molecule has 0 saturated heterocycles. The largest absolute Gasteiger partial charge is 0.349 e. The van der Waals surface area contributed by atoms with Crippen LogP contribution in [0.3, 0.4) is 0 Å². The van der Waals surface area contributed by atoms with E-state index in [-0.39, 0.29) is 17.4 Å². The molecule has 0 heterocycles. The van der Waals surface area contributed by atoms with Gasteiger partial charge in [-0.2, -0.15) is 0 Å². The van der Waals surface area contributed by atoms with Crippen molar-refractivity contribution in [3.05, 3.63) is 35.4 Å². The second-order valence-electron chi connectivity index (χ2n) is 8.46. The molecule has 1 aromatic carbocycles. The zero-order valence-electron chi connectivity index (χ0n) is 14.6. The number of amides is 2. The fraction of sp³-hybridized carbons (Fsp3) is 0.600. The predicted octanol–water partition coefficient (Wildman–Crippen LogP) is 3.20. The molecule has 4 fully saturated rings. The second kappa shape index (κ2) is 6.13. The predicted molar refractivity (Wildman–Crippen MR) is 92.9 cm³/mol. The number of hydrogen-bond acceptors (Lipinski definition) is 3. The molecule has 0 aromatic heterocycles. The summed E-state index contributed by atoms with van der Waals surface area (Å²) in [5, 5.41) is 12.0. The number of hydroxylamine groups is 1. The van der Waals surface area contributed by atoms with Gasteiger partial charge in [-0.25, -0.2) is 5.48 Å². The van der Waals surface area contributed by atoms with Crippen LogP contribution in [-0.4, -0.2) is 17.0 Å². The van der Waals surface area contributed by atoms with Crippen LogP contribution in [0.2, 0.25) is 0 Å². The molecule has 1 atom stereocenters. The normalized spacial score (nSPS) is 33.8. The van der Waals surface area contributed by atoms with Gasteiger partial charge in [0.15, 0.2) is 0 Å². The van der Waals surface area contributed by atoms with E-state index in [0.717, 1.165) is 42.6 Å². The summed E-state index contributed by atoms with van der Waals surface area (Å²) in [5.41, 5.74) is 2.75. The van der Waals surface area contributed by atoms with Gasteiger partial charge in [-0.15, -0.1) is 0 Å². The van der Waals surface area contributed by atoms with Gasteiger partial charge in [0.2, 0.25) is 5.91 Å². The van der Waals surface area contributed by atoms with E-state index in [2.05, 4.69) is 5.32 Å². The summed E-state index contributed by atoms with van der Waals surface area (Å²) in [5.74, 6) is 1.87. The average molecular weight is 342 g/mol. The second-order valence-corrected chi connectivity index (χ2v) is 8.46. The fourth-order valence-electron chi connectivity index (χ4n) is 5.84. The van der Waals surface area contributed by atoms with Crippen molar-refractivity contribution < 1.29 is 14.8 Å². The highest BCUT2D eigenvalue weighted by molar-refractivity contribution is 5.93. The molecular weight excluding hydrogens is 316 g/mol. The lowest BCUT2D eigenvalue weighted by atomic mass is 9.49. The molecule has 4 bridgehead atoms. The number of hydrogen-bond donors (Lipinski definition) is 3. The standard InChI is InChI=1S/C20H26N2O3/c1-12(16-3-2-4-17(8-16)18(23)22-25)21-19(24)20-9-13-5-14(10-20)7-15(6-13)11-20/h2-4,8,12-15,25H,5-7,9-11H2,1H3,(H,21,24)(H,22,23). The summed E-state index contributed by atoms with van der Waals surface area (Å²) in [6.07, 6.45) is 7.10. The van der Waals surface area contributed by atoms with E-state index in [4.69, 9.17) is 5.21 Å². The SMILES string of the molecule is CC(NC(=O)C12CC3CC(CC(C3)C1)C2)c1cccc(C(=O)NO)c1. The zero-order chi connectivity index (χ0) is 17.6. The summed E-state index contributed by atoms with van der Waals surface area (Å²) in [7, 11) is 0. The Labute approximate surface area is 148 Å². The monoisotopic (exact) mass is 342 g/mol. The molecule has 0 aliphatic heterocycles. The third kappa shape index (κ3) is 2.95. The number of nitrogens with one attached hydrogen (secondary N) is 2. The maximum Gasteiger partial charge on any atom is 0.274 e. The van der Waals surface area contributed by atoms with Crippen molar-refractivity contribution in [1.82, 2.24) is 10.8 Å². The first-order valence-corrected chi connectivity index (χ1v) is 9.34. The number of carbonyl (C=O) groups is 2. The first-order chi connectivity index (χ1) is 12.0. The lowest BCUT2D eigenvalue weighted by Gasteiger charge is -2.55. The van der Waals surface area contributed by atoms with Crippen molar-refractivity contribution in [2.75, 3.05) is 0 Å². The molecule has 0 spiro atoms. The van der Waals surface area contributed by atoms with Crippen molar-refractivity contribution in [2.45, 2.75) is 51.5 Å². The van der Waals surface area contributed by atoms with Crippen LogP contribution in [0.15, 0.2) is 24.3 Å². The van der Waals surface area contributed by atoms with Gasteiger partial charge in [0.05, 0.1) is 6.04 Å². The maximum atomic E-state index is 13.1. The summed E-state index contributed by atoms with van der Waals surface area (Å²) in [4.78, 5) is 24.7. The van der Waals surface area contributed by atoms with Gasteiger partial charge >= 0.3 is 0 Å². The Balaban J connectivity index is 1.48. The van der Waals surface area contributed by atoms with Crippen LogP contribution in [-0.2, 0) is 4.79 Å². The Morgan fingerprint density at radius 3 is 2.28 bits per heavy atom. The molecule has 1 aromatic rings. The van der Waals surface area contributed by atoms with Crippen LogP contribution in [0.1, 0.15) is 67.4 Å². The minimum absolute atomic E-state index is 0.160. The van der Waals surface area contributed by atoms with Gasteiger partial charge in [-0.1, -0.05) is 12.1 Å². The van der Waals surface area contributed by atoms with Gasteiger partial charge in [0, 0.05) is 11.0 Å². The smallest absolute Gasteiger partial charge is 0.274 e. The third-order valence-corrected chi connectivity index (χ3v) is 6.62. The van der Waals surface area contributed by atoms with Crippen LogP contribution >= 0.6 is 0 Å². The minimum atomic E-state index is -0.540. The molecule has 4 saturated carbocycles.